The van der Waals surface area contributed by atoms with Crippen LogP contribution in [-0.4, -0.2) is 21.9 Å². The topological polar surface area (TPSA) is 25.2 Å². The maximum atomic E-state index is 12.1. The van der Waals surface area contributed by atoms with Gasteiger partial charge in [-0.2, -0.15) is 0 Å². The maximum Gasteiger partial charge on any atom is 0.224 e. The van der Waals surface area contributed by atoms with Gasteiger partial charge in [-0.05, 0) is 42.3 Å². The number of hydrogen-bond donors (Lipinski definition) is 0. The molecule has 3 heteroatoms. The number of carbonyl (C=O) groups is 1. The Bertz CT molecular complexity index is 629. The van der Waals surface area contributed by atoms with Gasteiger partial charge in [-0.15, -0.1) is 0 Å². The highest BCUT2D eigenvalue weighted by Gasteiger charge is 2.28. The molecule has 0 bridgehead atoms. The SMILES string of the molecule is CCCC1CC(=O)N(Cn2ccc3ccc(C)cc32)C1. The second kappa shape index (κ2) is 5.31. The van der Waals surface area contributed by atoms with Gasteiger partial charge in [-0.25, -0.2) is 0 Å². The molecule has 3 nitrogen and oxygen atoms in total. The third-order valence-corrected chi connectivity index (χ3v) is 4.24. The van der Waals surface area contributed by atoms with Gasteiger partial charge in [-0.1, -0.05) is 25.5 Å². The van der Waals surface area contributed by atoms with E-state index >= 15 is 0 Å². The van der Waals surface area contributed by atoms with Crippen molar-refractivity contribution in [3.8, 4) is 0 Å². The van der Waals surface area contributed by atoms with E-state index in [-0.39, 0.29) is 0 Å². The Morgan fingerprint density at radius 3 is 2.95 bits per heavy atom. The molecule has 2 aromatic rings. The lowest BCUT2D eigenvalue weighted by molar-refractivity contribution is -0.129. The van der Waals surface area contributed by atoms with Crippen molar-refractivity contribution in [3.63, 3.8) is 0 Å². The first kappa shape index (κ1) is 13.2. The largest absolute Gasteiger partial charge is 0.329 e. The van der Waals surface area contributed by atoms with Crippen molar-refractivity contribution in [2.24, 2.45) is 5.92 Å². The Hall–Kier alpha value is -1.77. The van der Waals surface area contributed by atoms with Crippen molar-refractivity contribution in [1.82, 2.24) is 9.47 Å². The first-order valence-corrected chi connectivity index (χ1v) is 7.50. The van der Waals surface area contributed by atoms with Gasteiger partial charge in [0.2, 0.25) is 5.91 Å². The highest BCUT2D eigenvalue weighted by Crippen LogP contribution is 2.24. The van der Waals surface area contributed by atoms with Gasteiger partial charge in [-0.3, -0.25) is 4.79 Å². The van der Waals surface area contributed by atoms with Crippen LogP contribution in [0.1, 0.15) is 31.7 Å². The van der Waals surface area contributed by atoms with E-state index < -0.39 is 0 Å². The summed E-state index contributed by atoms with van der Waals surface area (Å²) in [6.45, 7) is 5.90. The van der Waals surface area contributed by atoms with Crippen LogP contribution >= 0.6 is 0 Å². The molecule has 1 saturated heterocycles. The van der Waals surface area contributed by atoms with Gasteiger partial charge in [0.25, 0.3) is 0 Å². The second-order valence-corrected chi connectivity index (χ2v) is 5.96. The molecule has 1 atom stereocenters. The molecule has 1 unspecified atom stereocenters. The van der Waals surface area contributed by atoms with Crippen LogP contribution in [0.3, 0.4) is 0 Å². The Morgan fingerprint density at radius 2 is 2.15 bits per heavy atom. The molecule has 1 aliphatic heterocycles. The smallest absolute Gasteiger partial charge is 0.224 e. The Balaban J connectivity index is 1.80. The molecule has 20 heavy (non-hydrogen) atoms. The third-order valence-electron chi connectivity index (χ3n) is 4.24. The van der Waals surface area contributed by atoms with Gasteiger partial charge in [0.05, 0.1) is 6.67 Å². The van der Waals surface area contributed by atoms with Crippen LogP contribution in [0.2, 0.25) is 0 Å². The van der Waals surface area contributed by atoms with Gasteiger partial charge in [0.15, 0.2) is 0 Å². The minimum atomic E-state index is 0.304. The lowest BCUT2D eigenvalue weighted by Gasteiger charge is -2.18. The molecule has 0 saturated carbocycles. The van der Waals surface area contributed by atoms with Gasteiger partial charge >= 0.3 is 0 Å². The summed E-state index contributed by atoms with van der Waals surface area (Å²) in [5.74, 6) is 0.856. The highest BCUT2D eigenvalue weighted by atomic mass is 16.2. The van der Waals surface area contributed by atoms with Crippen molar-refractivity contribution in [2.75, 3.05) is 6.54 Å². The van der Waals surface area contributed by atoms with E-state index in [1.165, 1.54) is 16.5 Å². The summed E-state index contributed by atoms with van der Waals surface area (Å²) >= 11 is 0. The summed E-state index contributed by atoms with van der Waals surface area (Å²) in [4.78, 5) is 14.1. The maximum absolute atomic E-state index is 12.1. The van der Waals surface area contributed by atoms with E-state index in [1.54, 1.807) is 0 Å². The van der Waals surface area contributed by atoms with Crippen LogP contribution in [0.4, 0.5) is 0 Å². The lowest BCUT2D eigenvalue weighted by atomic mass is 10.0. The van der Waals surface area contributed by atoms with Crippen molar-refractivity contribution in [1.29, 1.82) is 0 Å². The van der Waals surface area contributed by atoms with Crippen LogP contribution < -0.4 is 0 Å². The summed E-state index contributed by atoms with van der Waals surface area (Å²) in [6, 6.07) is 8.59. The molecular weight excluding hydrogens is 248 g/mol. The average Bonchev–Trinajstić information content (AvgIpc) is 2.95. The zero-order valence-electron chi connectivity index (χ0n) is 12.3. The number of amides is 1. The number of aryl methyl sites for hydroxylation is 1. The van der Waals surface area contributed by atoms with Crippen LogP contribution in [0.25, 0.3) is 10.9 Å². The van der Waals surface area contributed by atoms with Crippen molar-refractivity contribution >= 4 is 16.8 Å². The van der Waals surface area contributed by atoms with Gasteiger partial charge in [0.1, 0.15) is 0 Å². The Morgan fingerprint density at radius 1 is 1.30 bits per heavy atom. The normalized spacial score (nSPS) is 19.2. The number of aromatic nitrogens is 1. The van der Waals surface area contributed by atoms with E-state index in [0.29, 0.717) is 18.5 Å². The number of likely N-dealkylation sites (tertiary alicyclic amines) is 1. The molecule has 106 valence electrons. The molecule has 2 heterocycles. The van der Waals surface area contributed by atoms with Crippen LogP contribution in [0, 0.1) is 12.8 Å². The van der Waals surface area contributed by atoms with E-state index in [0.717, 1.165) is 25.8 Å². The van der Waals surface area contributed by atoms with Crippen molar-refractivity contribution in [3.05, 3.63) is 36.0 Å². The van der Waals surface area contributed by atoms with Crippen LogP contribution in [0.15, 0.2) is 30.5 Å². The molecule has 1 aliphatic rings. The zero-order valence-corrected chi connectivity index (χ0v) is 12.3. The standard InChI is InChI=1S/C17H22N2O/c1-3-4-14-10-17(20)19(11-14)12-18-8-7-15-6-5-13(2)9-16(15)18/h5-9,14H,3-4,10-12H2,1-2H3. The monoisotopic (exact) mass is 270 g/mol. The minimum Gasteiger partial charge on any atom is -0.329 e. The summed E-state index contributed by atoms with van der Waals surface area (Å²) < 4.78 is 2.19. The van der Waals surface area contributed by atoms with Gasteiger partial charge < -0.3 is 9.47 Å². The van der Waals surface area contributed by atoms with Crippen LogP contribution in [0.5, 0.6) is 0 Å². The molecule has 0 N–H and O–H groups in total. The molecule has 3 rings (SSSR count). The lowest BCUT2D eigenvalue weighted by Crippen LogP contribution is -2.27. The fraction of sp³-hybridized carbons (Fsp3) is 0.471. The summed E-state index contributed by atoms with van der Waals surface area (Å²) in [7, 11) is 0. The van der Waals surface area contributed by atoms with Crippen LogP contribution in [-0.2, 0) is 11.5 Å². The number of rotatable bonds is 4. The predicted molar refractivity (Wildman–Crippen MR) is 81.4 cm³/mol. The Labute approximate surface area is 120 Å². The van der Waals surface area contributed by atoms with Crippen molar-refractivity contribution < 1.29 is 4.79 Å². The molecule has 0 radical (unpaired) electrons. The first-order chi connectivity index (χ1) is 9.67. The molecule has 1 aromatic carbocycles. The molecular formula is C17H22N2O. The first-order valence-electron chi connectivity index (χ1n) is 7.50. The number of benzene rings is 1. The summed E-state index contributed by atoms with van der Waals surface area (Å²) in [5.41, 5.74) is 2.48. The summed E-state index contributed by atoms with van der Waals surface area (Å²) in [6.07, 6.45) is 5.14. The van der Waals surface area contributed by atoms with Gasteiger partial charge in [0, 0.05) is 24.7 Å². The fourth-order valence-electron chi connectivity index (χ4n) is 3.19. The molecule has 0 spiro atoms. The number of carbonyl (C=O) groups excluding carboxylic acids is 1. The quantitative estimate of drug-likeness (QED) is 0.834. The zero-order chi connectivity index (χ0) is 14.1. The number of nitrogens with zero attached hydrogens (tertiary/aromatic N) is 2. The second-order valence-electron chi connectivity index (χ2n) is 5.96. The highest BCUT2D eigenvalue weighted by molar-refractivity contribution is 5.81. The average molecular weight is 270 g/mol. The molecule has 1 fully saturated rings. The third kappa shape index (κ3) is 2.45. The summed E-state index contributed by atoms with van der Waals surface area (Å²) in [5, 5.41) is 1.24. The Kier molecular flexibility index (Phi) is 3.51. The minimum absolute atomic E-state index is 0.304. The fourth-order valence-corrected chi connectivity index (χ4v) is 3.19. The molecule has 1 aromatic heterocycles. The molecule has 0 aliphatic carbocycles. The van der Waals surface area contributed by atoms with E-state index in [4.69, 9.17) is 0 Å². The van der Waals surface area contributed by atoms with E-state index in [1.807, 2.05) is 4.90 Å². The molecule has 1 amide bonds. The van der Waals surface area contributed by atoms with E-state index in [2.05, 4.69) is 48.9 Å². The van der Waals surface area contributed by atoms with E-state index in [9.17, 15) is 4.79 Å². The number of hydrogen-bond acceptors (Lipinski definition) is 1. The number of fused-ring (bicyclic) bond motifs is 1. The predicted octanol–water partition coefficient (Wildman–Crippen LogP) is 3.56. The van der Waals surface area contributed by atoms with Crippen molar-refractivity contribution in [2.45, 2.75) is 39.8 Å².